The molecule has 158 valence electrons. The molecule has 0 aliphatic carbocycles. The number of aliphatic imine (C=N–C) groups is 1. The molecule has 0 N–H and O–H groups in total. The molecular weight excluding hydrogens is 372 g/mol. The normalized spacial score (nSPS) is 20.0. The van der Waals surface area contributed by atoms with Gasteiger partial charge in [0, 0.05) is 32.6 Å². The van der Waals surface area contributed by atoms with Gasteiger partial charge in [0.05, 0.1) is 5.69 Å². The summed E-state index contributed by atoms with van der Waals surface area (Å²) < 4.78 is 0. The number of carbonyl (C=O) groups excluding carboxylic acids is 1. The summed E-state index contributed by atoms with van der Waals surface area (Å²) in [4.78, 5) is 25.1. The number of benzene rings is 2. The van der Waals surface area contributed by atoms with Crippen molar-refractivity contribution in [2.75, 3.05) is 37.6 Å². The largest absolute Gasteiger partial charge is 0.340 e. The highest BCUT2D eigenvalue weighted by molar-refractivity contribution is 6.22. The lowest BCUT2D eigenvalue weighted by Gasteiger charge is -2.37. The van der Waals surface area contributed by atoms with Crippen LogP contribution in [-0.2, 0) is 11.2 Å². The van der Waals surface area contributed by atoms with Crippen molar-refractivity contribution in [1.82, 2.24) is 9.80 Å². The van der Waals surface area contributed by atoms with Gasteiger partial charge in [-0.3, -0.25) is 9.69 Å². The molecule has 2 aliphatic rings. The first-order valence-corrected chi connectivity index (χ1v) is 11.1. The maximum Gasteiger partial charge on any atom is 0.259 e. The van der Waals surface area contributed by atoms with Crippen molar-refractivity contribution < 1.29 is 4.79 Å². The molecule has 30 heavy (non-hydrogen) atoms. The van der Waals surface area contributed by atoms with Gasteiger partial charge in [-0.25, -0.2) is 9.89 Å². The zero-order valence-electron chi connectivity index (χ0n) is 18.3. The Balaban J connectivity index is 1.62. The Kier molecular flexibility index (Phi) is 6.18. The number of amides is 1. The predicted molar refractivity (Wildman–Crippen MR) is 123 cm³/mol. The summed E-state index contributed by atoms with van der Waals surface area (Å²) >= 11 is 0. The van der Waals surface area contributed by atoms with E-state index in [4.69, 9.17) is 4.99 Å². The summed E-state index contributed by atoms with van der Waals surface area (Å²) in [6.07, 6.45) is 1.81. The Labute approximate surface area is 180 Å². The first-order chi connectivity index (χ1) is 14.6. The molecule has 4 rings (SSSR count). The van der Waals surface area contributed by atoms with Crippen molar-refractivity contribution in [3.63, 3.8) is 0 Å². The van der Waals surface area contributed by atoms with E-state index in [9.17, 15) is 4.79 Å². The summed E-state index contributed by atoms with van der Waals surface area (Å²) in [6.45, 7) is 11.4. The first kappa shape index (κ1) is 20.6. The zero-order chi connectivity index (χ0) is 21.1. The minimum absolute atomic E-state index is 0.0769. The van der Waals surface area contributed by atoms with Crippen molar-refractivity contribution in [2.45, 2.75) is 39.7 Å². The lowest BCUT2D eigenvalue weighted by atomic mass is 10.1. The Hall–Kier alpha value is -2.66. The highest BCUT2D eigenvalue weighted by atomic mass is 16.2. The van der Waals surface area contributed by atoms with Gasteiger partial charge in [-0.1, -0.05) is 43.3 Å². The Bertz CT molecular complexity index is 916. The molecule has 5 heteroatoms. The van der Waals surface area contributed by atoms with Crippen LogP contribution in [0.4, 0.5) is 5.69 Å². The minimum atomic E-state index is -0.363. The molecule has 2 aromatic rings. The van der Waals surface area contributed by atoms with Crippen LogP contribution >= 0.6 is 0 Å². The number of guanidine groups is 1. The van der Waals surface area contributed by atoms with Gasteiger partial charge in [0.2, 0.25) is 5.96 Å². The lowest BCUT2D eigenvalue weighted by Crippen LogP contribution is -2.53. The highest BCUT2D eigenvalue weighted by Gasteiger charge is 2.39. The zero-order valence-corrected chi connectivity index (χ0v) is 18.3. The third-order valence-electron chi connectivity index (χ3n) is 6.19. The summed E-state index contributed by atoms with van der Waals surface area (Å²) in [7, 11) is 0. The summed E-state index contributed by atoms with van der Waals surface area (Å²) in [5, 5.41) is 0. The maximum atomic E-state index is 13.5. The van der Waals surface area contributed by atoms with E-state index in [0.29, 0.717) is 6.42 Å². The molecule has 1 amide bonds. The molecule has 1 atom stereocenters. The van der Waals surface area contributed by atoms with Crippen LogP contribution in [0.3, 0.4) is 0 Å². The topological polar surface area (TPSA) is 39.1 Å². The number of aryl methyl sites for hydroxylation is 2. The highest BCUT2D eigenvalue weighted by Crippen LogP contribution is 2.27. The van der Waals surface area contributed by atoms with E-state index in [1.165, 1.54) is 17.5 Å². The molecular formula is C25H32N4O. The van der Waals surface area contributed by atoms with Gasteiger partial charge < -0.3 is 4.90 Å². The molecule has 1 saturated heterocycles. The van der Waals surface area contributed by atoms with Gasteiger partial charge in [0.25, 0.3) is 5.91 Å². The second kappa shape index (κ2) is 9.00. The van der Waals surface area contributed by atoms with Crippen LogP contribution in [0.15, 0.2) is 53.5 Å². The van der Waals surface area contributed by atoms with Crippen molar-refractivity contribution in [2.24, 2.45) is 4.99 Å². The third-order valence-corrected chi connectivity index (χ3v) is 6.19. The second-order valence-electron chi connectivity index (χ2n) is 8.41. The van der Waals surface area contributed by atoms with Crippen LogP contribution in [0.1, 0.15) is 30.0 Å². The Morgan fingerprint density at radius 3 is 2.37 bits per heavy atom. The fourth-order valence-electron chi connectivity index (χ4n) is 4.29. The van der Waals surface area contributed by atoms with Crippen LogP contribution in [0, 0.1) is 13.8 Å². The van der Waals surface area contributed by atoms with E-state index in [1.807, 2.05) is 29.2 Å². The van der Waals surface area contributed by atoms with Gasteiger partial charge in [0.15, 0.2) is 0 Å². The van der Waals surface area contributed by atoms with E-state index in [1.54, 1.807) is 0 Å². The van der Waals surface area contributed by atoms with Crippen molar-refractivity contribution in [3.05, 3.63) is 65.2 Å². The SMILES string of the molecule is CCCN1CCN(C2=NC(Cc3ccccc3)C(=O)N2c2ccc(C)c(C)c2)CC1. The molecule has 0 bridgehead atoms. The number of piperazine rings is 1. The summed E-state index contributed by atoms with van der Waals surface area (Å²) in [5.74, 6) is 0.897. The predicted octanol–water partition coefficient (Wildman–Crippen LogP) is 3.64. The molecule has 0 radical (unpaired) electrons. The van der Waals surface area contributed by atoms with Crippen LogP contribution in [-0.4, -0.2) is 60.4 Å². The van der Waals surface area contributed by atoms with Crippen LogP contribution in [0.25, 0.3) is 0 Å². The van der Waals surface area contributed by atoms with Gasteiger partial charge in [0.1, 0.15) is 6.04 Å². The summed E-state index contributed by atoms with van der Waals surface area (Å²) in [5.41, 5.74) is 4.50. The number of carbonyl (C=O) groups is 1. The van der Waals surface area contributed by atoms with Crippen molar-refractivity contribution in [1.29, 1.82) is 0 Å². The molecule has 2 aromatic carbocycles. The molecule has 5 nitrogen and oxygen atoms in total. The minimum Gasteiger partial charge on any atom is -0.340 e. The third kappa shape index (κ3) is 4.26. The van der Waals surface area contributed by atoms with E-state index >= 15 is 0 Å². The average molecular weight is 405 g/mol. The lowest BCUT2D eigenvalue weighted by molar-refractivity contribution is -0.118. The van der Waals surface area contributed by atoms with Crippen LogP contribution in [0.5, 0.6) is 0 Å². The van der Waals surface area contributed by atoms with Crippen LogP contribution < -0.4 is 4.90 Å². The standard InChI is InChI=1S/C25H32N4O/c1-4-12-27-13-15-28(16-14-27)25-26-23(18-21-8-6-5-7-9-21)24(30)29(25)22-11-10-19(2)20(3)17-22/h5-11,17,23H,4,12-16,18H2,1-3H3. The fraction of sp³-hybridized carbons (Fsp3) is 0.440. The Morgan fingerprint density at radius 2 is 1.70 bits per heavy atom. The van der Waals surface area contributed by atoms with Gasteiger partial charge >= 0.3 is 0 Å². The van der Waals surface area contributed by atoms with Crippen molar-refractivity contribution in [3.8, 4) is 0 Å². The van der Waals surface area contributed by atoms with E-state index in [0.717, 1.165) is 49.9 Å². The number of hydrogen-bond donors (Lipinski definition) is 0. The number of hydrogen-bond acceptors (Lipinski definition) is 4. The van der Waals surface area contributed by atoms with Gasteiger partial charge in [-0.05, 0) is 55.6 Å². The Morgan fingerprint density at radius 1 is 0.967 bits per heavy atom. The molecule has 0 saturated carbocycles. The number of anilines is 1. The molecule has 0 aromatic heterocycles. The van der Waals surface area contributed by atoms with Crippen molar-refractivity contribution >= 4 is 17.6 Å². The van der Waals surface area contributed by atoms with Gasteiger partial charge in [-0.2, -0.15) is 0 Å². The monoisotopic (exact) mass is 404 g/mol. The molecule has 2 heterocycles. The van der Waals surface area contributed by atoms with E-state index < -0.39 is 0 Å². The smallest absolute Gasteiger partial charge is 0.259 e. The fourth-order valence-corrected chi connectivity index (χ4v) is 4.29. The molecule has 1 fully saturated rings. The van der Waals surface area contributed by atoms with E-state index in [2.05, 4.69) is 54.8 Å². The van der Waals surface area contributed by atoms with Crippen LogP contribution in [0.2, 0.25) is 0 Å². The molecule has 0 spiro atoms. The molecule has 1 unspecified atom stereocenters. The van der Waals surface area contributed by atoms with Gasteiger partial charge in [-0.15, -0.1) is 0 Å². The van der Waals surface area contributed by atoms with E-state index in [-0.39, 0.29) is 11.9 Å². The quantitative estimate of drug-likeness (QED) is 0.764. The first-order valence-electron chi connectivity index (χ1n) is 11.1. The maximum absolute atomic E-state index is 13.5. The average Bonchev–Trinajstić information content (AvgIpc) is 3.08. The number of nitrogens with zero attached hydrogens (tertiary/aromatic N) is 4. The molecule has 2 aliphatic heterocycles. The second-order valence-corrected chi connectivity index (χ2v) is 8.41. The number of rotatable bonds is 5. The summed E-state index contributed by atoms with van der Waals surface area (Å²) in [6, 6.07) is 16.1.